The molecule has 0 saturated heterocycles. The third-order valence-electron chi connectivity index (χ3n) is 4.49. The Labute approximate surface area is 185 Å². The molecule has 0 spiro atoms. The molecule has 0 aliphatic carbocycles. The van der Waals surface area contributed by atoms with Crippen LogP contribution in [0.15, 0.2) is 69.8 Å². The van der Waals surface area contributed by atoms with Crippen molar-refractivity contribution >= 4 is 33.4 Å². The highest BCUT2D eigenvalue weighted by molar-refractivity contribution is 9.10. The van der Waals surface area contributed by atoms with Gasteiger partial charge in [0.2, 0.25) is 5.91 Å². The highest BCUT2D eigenvalue weighted by Gasteiger charge is 2.30. The summed E-state index contributed by atoms with van der Waals surface area (Å²) in [4.78, 5) is 26.0. The number of carbonyl (C=O) groups is 2. The second-order valence-electron chi connectivity index (χ2n) is 6.88. The molecule has 5 nitrogen and oxygen atoms in total. The maximum absolute atomic E-state index is 12.6. The van der Waals surface area contributed by atoms with Gasteiger partial charge in [-0.3, -0.25) is 9.59 Å². The molecule has 1 aromatic heterocycles. The van der Waals surface area contributed by atoms with E-state index in [1.165, 1.54) is 17.0 Å². The summed E-state index contributed by atoms with van der Waals surface area (Å²) in [5.41, 5.74) is 1.17. The minimum atomic E-state index is -4.39. The maximum Gasteiger partial charge on any atom is 0.416 e. The molecule has 0 aliphatic heterocycles. The van der Waals surface area contributed by atoms with Crippen LogP contribution < -0.4 is 5.32 Å². The van der Waals surface area contributed by atoms with Gasteiger partial charge >= 0.3 is 6.18 Å². The number of hydrogen-bond donors (Lipinski definition) is 1. The van der Waals surface area contributed by atoms with Gasteiger partial charge in [0.05, 0.1) is 12.0 Å². The summed E-state index contributed by atoms with van der Waals surface area (Å²) < 4.78 is 43.6. The van der Waals surface area contributed by atoms with E-state index in [4.69, 9.17) is 4.42 Å². The van der Waals surface area contributed by atoms with E-state index >= 15 is 0 Å². The second-order valence-corrected chi connectivity index (χ2v) is 7.66. The molecule has 9 heteroatoms. The predicted octanol–water partition coefficient (Wildman–Crippen LogP) is 5.51. The lowest BCUT2D eigenvalue weighted by Crippen LogP contribution is -2.27. The van der Waals surface area contributed by atoms with Crippen LogP contribution >= 0.6 is 15.9 Å². The van der Waals surface area contributed by atoms with Gasteiger partial charge in [-0.2, -0.15) is 13.2 Å². The van der Waals surface area contributed by atoms with E-state index in [1.54, 1.807) is 43.4 Å². The number of benzene rings is 2. The molecule has 2 aromatic carbocycles. The van der Waals surface area contributed by atoms with Crippen LogP contribution in [0.4, 0.5) is 18.9 Å². The highest BCUT2D eigenvalue weighted by atomic mass is 79.9. The van der Waals surface area contributed by atoms with Crippen molar-refractivity contribution in [2.75, 3.05) is 12.4 Å². The van der Waals surface area contributed by atoms with Gasteiger partial charge in [0.1, 0.15) is 0 Å². The van der Waals surface area contributed by atoms with E-state index in [1.807, 2.05) is 0 Å². The summed E-state index contributed by atoms with van der Waals surface area (Å²) >= 11 is 3.13. The summed E-state index contributed by atoms with van der Waals surface area (Å²) in [6.07, 6.45) is -4.27. The number of alkyl halides is 3. The van der Waals surface area contributed by atoms with E-state index in [9.17, 15) is 22.8 Å². The van der Waals surface area contributed by atoms with Crippen molar-refractivity contribution in [3.63, 3.8) is 0 Å². The molecule has 1 heterocycles. The Morgan fingerprint density at radius 2 is 1.58 bits per heavy atom. The predicted molar refractivity (Wildman–Crippen MR) is 112 cm³/mol. The van der Waals surface area contributed by atoms with Crippen molar-refractivity contribution in [2.24, 2.45) is 0 Å². The number of hydrogen-bond acceptors (Lipinski definition) is 3. The zero-order valence-electron chi connectivity index (χ0n) is 16.4. The molecule has 1 N–H and O–H groups in total. The van der Waals surface area contributed by atoms with Crippen LogP contribution in [-0.2, 0) is 23.9 Å². The van der Waals surface area contributed by atoms with Crippen LogP contribution in [0, 0.1) is 0 Å². The van der Waals surface area contributed by atoms with Gasteiger partial charge in [-0.05, 0) is 63.5 Å². The molecule has 2 amide bonds. The normalized spacial score (nSPS) is 11.3. The van der Waals surface area contributed by atoms with E-state index < -0.39 is 17.6 Å². The molecule has 3 aromatic rings. The first-order valence-corrected chi connectivity index (χ1v) is 9.97. The summed E-state index contributed by atoms with van der Waals surface area (Å²) in [6, 6.07) is 14.7. The van der Waals surface area contributed by atoms with E-state index in [-0.39, 0.29) is 24.6 Å². The zero-order valence-corrected chi connectivity index (χ0v) is 18.0. The zero-order chi connectivity index (χ0) is 22.6. The number of nitrogens with zero attached hydrogens (tertiary/aromatic N) is 1. The van der Waals surface area contributed by atoms with Crippen molar-refractivity contribution in [1.82, 2.24) is 4.90 Å². The maximum atomic E-state index is 12.6. The van der Waals surface area contributed by atoms with Crippen molar-refractivity contribution in [1.29, 1.82) is 0 Å². The first-order valence-electron chi connectivity index (χ1n) is 9.17. The fraction of sp³-hybridized carbons (Fsp3) is 0.182. The monoisotopic (exact) mass is 494 g/mol. The lowest BCUT2D eigenvalue weighted by molar-refractivity contribution is -0.137. The largest absolute Gasteiger partial charge is 0.444 e. The van der Waals surface area contributed by atoms with Gasteiger partial charge in [0.15, 0.2) is 10.4 Å². The van der Waals surface area contributed by atoms with Gasteiger partial charge in [-0.25, -0.2) is 0 Å². The van der Waals surface area contributed by atoms with Gasteiger partial charge in [0.25, 0.3) is 5.91 Å². The summed E-state index contributed by atoms with van der Waals surface area (Å²) in [7, 11) is 1.59. The van der Waals surface area contributed by atoms with Crippen molar-refractivity contribution in [3.8, 4) is 0 Å². The Morgan fingerprint density at radius 3 is 2.13 bits per heavy atom. The SMILES string of the molecule is CN(Cc1ccc(C(F)(F)F)cc1)C(=O)Cc1ccc(NC(=O)c2ccc(Br)o2)cc1. The van der Waals surface area contributed by atoms with Crippen molar-refractivity contribution < 1.29 is 27.2 Å². The average molecular weight is 495 g/mol. The Balaban J connectivity index is 1.54. The van der Waals surface area contributed by atoms with E-state index in [2.05, 4.69) is 21.2 Å². The molecular formula is C22H18BrF3N2O3. The van der Waals surface area contributed by atoms with Crippen LogP contribution in [0.5, 0.6) is 0 Å². The van der Waals surface area contributed by atoms with Crippen LogP contribution in [-0.4, -0.2) is 23.8 Å². The molecule has 0 radical (unpaired) electrons. The number of amides is 2. The quantitative estimate of drug-likeness (QED) is 0.491. The summed E-state index contributed by atoms with van der Waals surface area (Å²) in [6.45, 7) is 0.198. The topological polar surface area (TPSA) is 62.6 Å². The fourth-order valence-electron chi connectivity index (χ4n) is 2.81. The molecule has 0 aliphatic rings. The smallest absolute Gasteiger partial charge is 0.416 e. The number of likely N-dealkylation sites (N-methyl/N-ethyl adjacent to an activating group) is 1. The first kappa shape index (κ1) is 22.6. The molecule has 0 unspecified atom stereocenters. The number of furan rings is 1. The fourth-order valence-corrected chi connectivity index (χ4v) is 3.11. The van der Waals surface area contributed by atoms with Gasteiger partial charge < -0.3 is 14.6 Å². The first-order chi connectivity index (χ1) is 14.6. The number of rotatable bonds is 6. The molecule has 31 heavy (non-hydrogen) atoms. The lowest BCUT2D eigenvalue weighted by atomic mass is 10.1. The Kier molecular flexibility index (Phi) is 6.84. The molecular weight excluding hydrogens is 477 g/mol. The molecule has 0 saturated carbocycles. The lowest BCUT2D eigenvalue weighted by Gasteiger charge is -2.18. The highest BCUT2D eigenvalue weighted by Crippen LogP contribution is 2.29. The van der Waals surface area contributed by atoms with Gasteiger partial charge in [-0.15, -0.1) is 0 Å². The Morgan fingerprint density at radius 1 is 0.968 bits per heavy atom. The van der Waals surface area contributed by atoms with Crippen LogP contribution in [0.3, 0.4) is 0 Å². The Bertz CT molecular complexity index is 1060. The molecule has 0 bridgehead atoms. The third-order valence-corrected chi connectivity index (χ3v) is 4.92. The number of anilines is 1. The second kappa shape index (κ2) is 9.38. The molecule has 0 fully saturated rings. The minimum absolute atomic E-state index is 0.122. The van der Waals surface area contributed by atoms with Gasteiger partial charge in [-0.1, -0.05) is 24.3 Å². The number of nitrogens with one attached hydrogen (secondary N) is 1. The average Bonchev–Trinajstić information content (AvgIpc) is 3.15. The Hall–Kier alpha value is -3.07. The summed E-state index contributed by atoms with van der Waals surface area (Å²) in [5.74, 6) is -0.418. The van der Waals surface area contributed by atoms with Crippen molar-refractivity contribution in [3.05, 3.63) is 87.8 Å². The van der Waals surface area contributed by atoms with Crippen LogP contribution in [0.25, 0.3) is 0 Å². The number of halogens is 4. The van der Waals surface area contributed by atoms with E-state index in [0.717, 1.165) is 17.7 Å². The standard InChI is InChI=1S/C22H18BrF3N2O3/c1-28(13-15-2-6-16(7-3-15)22(24,25)26)20(29)12-14-4-8-17(9-5-14)27-21(30)18-10-11-19(23)31-18/h2-11H,12-13H2,1H3,(H,27,30). The number of carbonyl (C=O) groups excluding carboxylic acids is 2. The summed E-state index contributed by atoms with van der Waals surface area (Å²) in [5, 5.41) is 2.69. The van der Waals surface area contributed by atoms with Crippen LogP contribution in [0.1, 0.15) is 27.2 Å². The van der Waals surface area contributed by atoms with E-state index in [0.29, 0.717) is 15.9 Å². The van der Waals surface area contributed by atoms with Crippen molar-refractivity contribution in [2.45, 2.75) is 19.1 Å². The third kappa shape index (κ3) is 6.21. The molecule has 3 rings (SSSR count). The van der Waals surface area contributed by atoms with Gasteiger partial charge in [0, 0.05) is 19.3 Å². The van der Waals surface area contributed by atoms with Crippen LogP contribution in [0.2, 0.25) is 0 Å². The molecule has 0 atom stereocenters. The minimum Gasteiger partial charge on any atom is -0.444 e. The molecule has 162 valence electrons.